The van der Waals surface area contributed by atoms with Gasteiger partial charge < -0.3 is 11.1 Å². The summed E-state index contributed by atoms with van der Waals surface area (Å²) in [6.07, 6.45) is 6.48. The summed E-state index contributed by atoms with van der Waals surface area (Å²) in [5.74, 6) is 0.531. The lowest BCUT2D eigenvalue weighted by Crippen LogP contribution is -2.26. The number of hydrogen-bond donors (Lipinski definition) is 2. The van der Waals surface area contributed by atoms with Crippen molar-refractivity contribution in [1.29, 1.82) is 0 Å². The van der Waals surface area contributed by atoms with E-state index in [-0.39, 0.29) is 24.0 Å². The van der Waals surface area contributed by atoms with E-state index >= 15 is 0 Å². The van der Waals surface area contributed by atoms with Crippen molar-refractivity contribution in [2.45, 2.75) is 46.0 Å². The fraction of sp³-hybridized carbons (Fsp3) is 0.562. The van der Waals surface area contributed by atoms with Crippen LogP contribution in [0.3, 0.4) is 0 Å². The number of anilines is 1. The first-order valence-corrected chi connectivity index (χ1v) is 7.27. The van der Waals surface area contributed by atoms with Gasteiger partial charge in [0.2, 0.25) is 0 Å². The SMILES string of the molecule is CCC1(CN=C(N)Nc2ccc(C)cc2)CCCC1.I. The Morgan fingerprint density at radius 3 is 2.40 bits per heavy atom. The molecule has 1 aliphatic rings. The quantitative estimate of drug-likeness (QED) is 0.460. The van der Waals surface area contributed by atoms with Gasteiger partial charge in [-0.05, 0) is 43.7 Å². The van der Waals surface area contributed by atoms with Crippen LogP contribution in [0.5, 0.6) is 0 Å². The predicted molar refractivity (Wildman–Crippen MR) is 97.9 cm³/mol. The summed E-state index contributed by atoms with van der Waals surface area (Å²) < 4.78 is 0. The summed E-state index contributed by atoms with van der Waals surface area (Å²) in [5.41, 5.74) is 8.63. The first-order valence-electron chi connectivity index (χ1n) is 7.27. The highest BCUT2D eigenvalue weighted by molar-refractivity contribution is 14.0. The molecule has 3 nitrogen and oxygen atoms in total. The first kappa shape index (κ1) is 17.3. The number of nitrogens with two attached hydrogens (primary N) is 1. The molecule has 1 saturated carbocycles. The van der Waals surface area contributed by atoms with Crippen LogP contribution in [0.2, 0.25) is 0 Å². The zero-order valence-corrected chi connectivity index (χ0v) is 14.8. The van der Waals surface area contributed by atoms with E-state index in [1.54, 1.807) is 0 Å². The van der Waals surface area contributed by atoms with E-state index in [9.17, 15) is 0 Å². The Morgan fingerprint density at radius 2 is 1.85 bits per heavy atom. The normalized spacial score (nSPS) is 17.6. The lowest BCUT2D eigenvalue weighted by molar-refractivity contribution is 0.297. The predicted octanol–water partition coefficient (Wildman–Crippen LogP) is 4.31. The molecule has 0 bridgehead atoms. The molecular formula is C16H26IN3. The molecule has 112 valence electrons. The minimum absolute atomic E-state index is 0. The number of aliphatic imine (C=N–C) groups is 1. The molecule has 0 saturated heterocycles. The third kappa shape index (κ3) is 4.65. The number of guanidine groups is 1. The van der Waals surface area contributed by atoms with E-state index < -0.39 is 0 Å². The molecule has 0 aromatic heterocycles. The standard InChI is InChI=1S/C16H25N3.HI/c1-3-16(10-4-5-11-16)12-18-15(17)19-14-8-6-13(2)7-9-14;/h6-9H,3-5,10-12H2,1-2H3,(H3,17,18,19);1H. The van der Waals surface area contributed by atoms with E-state index in [2.05, 4.69) is 36.3 Å². The summed E-state index contributed by atoms with van der Waals surface area (Å²) in [5, 5.41) is 3.16. The summed E-state index contributed by atoms with van der Waals surface area (Å²) in [6, 6.07) is 8.20. The van der Waals surface area contributed by atoms with Crippen molar-refractivity contribution >= 4 is 35.6 Å². The summed E-state index contributed by atoms with van der Waals surface area (Å²) >= 11 is 0. The van der Waals surface area contributed by atoms with E-state index in [0.29, 0.717) is 11.4 Å². The molecule has 0 unspecified atom stereocenters. The largest absolute Gasteiger partial charge is 0.370 e. The molecule has 0 aliphatic heterocycles. The van der Waals surface area contributed by atoms with Crippen molar-refractivity contribution < 1.29 is 0 Å². The van der Waals surface area contributed by atoms with Crippen molar-refractivity contribution in [2.75, 3.05) is 11.9 Å². The number of rotatable bonds is 4. The van der Waals surface area contributed by atoms with Crippen molar-refractivity contribution in [2.24, 2.45) is 16.1 Å². The second kappa shape index (κ2) is 7.86. The van der Waals surface area contributed by atoms with Crippen molar-refractivity contribution in [3.63, 3.8) is 0 Å². The Morgan fingerprint density at radius 1 is 1.25 bits per heavy atom. The zero-order valence-electron chi connectivity index (χ0n) is 12.5. The number of aryl methyl sites for hydroxylation is 1. The minimum Gasteiger partial charge on any atom is -0.370 e. The molecule has 0 spiro atoms. The third-order valence-corrected chi connectivity index (χ3v) is 4.32. The average Bonchev–Trinajstić information content (AvgIpc) is 2.89. The first-order chi connectivity index (χ1) is 9.13. The fourth-order valence-corrected chi connectivity index (χ4v) is 2.83. The smallest absolute Gasteiger partial charge is 0.193 e. The third-order valence-electron chi connectivity index (χ3n) is 4.32. The van der Waals surface area contributed by atoms with Crippen LogP contribution in [-0.2, 0) is 0 Å². The van der Waals surface area contributed by atoms with Crippen molar-refractivity contribution in [3.8, 4) is 0 Å². The van der Waals surface area contributed by atoms with E-state index in [0.717, 1.165) is 12.2 Å². The molecule has 4 heteroatoms. The van der Waals surface area contributed by atoms with Crippen LogP contribution in [0, 0.1) is 12.3 Å². The topological polar surface area (TPSA) is 50.4 Å². The van der Waals surface area contributed by atoms with Gasteiger partial charge in [0.25, 0.3) is 0 Å². The highest BCUT2D eigenvalue weighted by Gasteiger charge is 2.31. The van der Waals surface area contributed by atoms with Crippen LogP contribution in [0.1, 0.15) is 44.6 Å². The van der Waals surface area contributed by atoms with Gasteiger partial charge in [-0.25, -0.2) is 0 Å². The molecule has 0 radical (unpaired) electrons. The number of hydrogen-bond acceptors (Lipinski definition) is 1. The maximum absolute atomic E-state index is 5.97. The van der Waals surface area contributed by atoms with Gasteiger partial charge in [-0.15, -0.1) is 24.0 Å². The Bertz CT molecular complexity index is 434. The number of nitrogens with zero attached hydrogens (tertiary/aromatic N) is 1. The van der Waals surface area contributed by atoms with Crippen LogP contribution in [0.4, 0.5) is 5.69 Å². The molecule has 2 rings (SSSR count). The number of nitrogens with one attached hydrogen (secondary N) is 1. The van der Waals surface area contributed by atoms with Crippen LogP contribution in [0.15, 0.2) is 29.3 Å². The van der Waals surface area contributed by atoms with Gasteiger partial charge in [0.05, 0.1) is 0 Å². The Kier molecular flexibility index (Phi) is 6.79. The van der Waals surface area contributed by atoms with Crippen molar-refractivity contribution in [1.82, 2.24) is 0 Å². The summed E-state index contributed by atoms with van der Waals surface area (Å²) in [4.78, 5) is 4.55. The molecule has 0 heterocycles. The maximum Gasteiger partial charge on any atom is 0.193 e. The summed E-state index contributed by atoms with van der Waals surface area (Å²) in [6.45, 7) is 5.20. The van der Waals surface area contributed by atoms with Gasteiger partial charge in [0.15, 0.2) is 5.96 Å². The van der Waals surface area contributed by atoms with E-state index in [4.69, 9.17) is 5.73 Å². The highest BCUT2D eigenvalue weighted by Crippen LogP contribution is 2.41. The van der Waals surface area contributed by atoms with E-state index in [1.807, 2.05) is 12.1 Å². The fourth-order valence-electron chi connectivity index (χ4n) is 2.83. The molecule has 1 aliphatic carbocycles. The van der Waals surface area contributed by atoms with E-state index in [1.165, 1.54) is 37.7 Å². The average molecular weight is 387 g/mol. The lowest BCUT2D eigenvalue weighted by atomic mass is 9.84. The van der Waals surface area contributed by atoms with Gasteiger partial charge in [-0.1, -0.05) is 37.5 Å². The Labute approximate surface area is 139 Å². The second-order valence-electron chi connectivity index (χ2n) is 5.75. The van der Waals surface area contributed by atoms with Gasteiger partial charge in [-0.2, -0.15) is 0 Å². The second-order valence-corrected chi connectivity index (χ2v) is 5.75. The molecule has 1 aromatic rings. The Balaban J connectivity index is 0.00000200. The zero-order chi connectivity index (χ0) is 13.7. The monoisotopic (exact) mass is 387 g/mol. The van der Waals surface area contributed by atoms with Crippen LogP contribution >= 0.6 is 24.0 Å². The van der Waals surface area contributed by atoms with Crippen LogP contribution in [0.25, 0.3) is 0 Å². The van der Waals surface area contributed by atoms with Gasteiger partial charge in [0.1, 0.15) is 0 Å². The Hall–Kier alpha value is -0.780. The molecule has 1 aromatic carbocycles. The van der Waals surface area contributed by atoms with Crippen LogP contribution < -0.4 is 11.1 Å². The molecule has 1 fully saturated rings. The van der Waals surface area contributed by atoms with Crippen molar-refractivity contribution in [3.05, 3.63) is 29.8 Å². The van der Waals surface area contributed by atoms with Gasteiger partial charge >= 0.3 is 0 Å². The minimum atomic E-state index is 0. The molecule has 0 amide bonds. The molecule has 20 heavy (non-hydrogen) atoms. The lowest BCUT2D eigenvalue weighted by Gasteiger charge is -2.25. The number of benzene rings is 1. The molecule has 3 N–H and O–H groups in total. The summed E-state index contributed by atoms with van der Waals surface area (Å²) in [7, 11) is 0. The van der Waals surface area contributed by atoms with Crippen LogP contribution in [-0.4, -0.2) is 12.5 Å². The molecule has 0 atom stereocenters. The van der Waals surface area contributed by atoms with Gasteiger partial charge in [0, 0.05) is 12.2 Å². The highest BCUT2D eigenvalue weighted by atomic mass is 127. The maximum atomic E-state index is 5.97. The molecular weight excluding hydrogens is 361 g/mol. The van der Waals surface area contributed by atoms with Gasteiger partial charge in [-0.3, -0.25) is 4.99 Å². The number of halogens is 1.